The lowest BCUT2D eigenvalue weighted by Gasteiger charge is -2.12. The molecule has 0 aliphatic heterocycles. The van der Waals surface area contributed by atoms with Crippen molar-refractivity contribution in [2.75, 3.05) is 21.3 Å². The van der Waals surface area contributed by atoms with Gasteiger partial charge in [0.25, 0.3) is 0 Å². The quantitative estimate of drug-likeness (QED) is 0.658. The van der Waals surface area contributed by atoms with Gasteiger partial charge in [0.15, 0.2) is 0 Å². The van der Waals surface area contributed by atoms with Crippen LogP contribution in [0, 0.1) is 0 Å². The maximum atomic E-state index is 5.53. The van der Waals surface area contributed by atoms with Gasteiger partial charge in [0.2, 0.25) is 0 Å². The minimum Gasteiger partial charge on any atom is -0.497 e. The van der Waals surface area contributed by atoms with Gasteiger partial charge in [0.1, 0.15) is 17.2 Å². The highest BCUT2D eigenvalue weighted by molar-refractivity contribution is 5.78. The summed E-state index contributed by atoms with van der Waals surface area (Å²) in [6.45, 7) is 0. The van der Waals surface area contributed by atoms with E-state index in [-0.39, 0.29) is 0 Å². The van der Waals surface area contributed by atoms with Crippen LogP contribution < -0.4 is 14.2 Å². The van der Waals surface area contributed by atoms with Gasteiger partial charge in [-0.3, -0.25) is 0 Å². The standard InChI is InChI=1S/C21H20O3/c1-22-18-9-4-15(5-10-18)17-8-13-21(24-3)20(14-17)16-6-11-19(23-2)12-7-16/h4-14H,1-3H3. The molecule has 0 N–H and O–H groups in total. The van der Waals surface area contributed by atoms with E-state index in [1.165, 1.54) is 0 Å². The molecule has 0 saturated carbocycles. The van der Waals surface area contributed by atoms with Crippen LogP contribution >= 0.6 is 0 Å². The molecule has 0 aliphatic carbocycles. The van der Waals surface area contributed by atoms with Crippen molar-refractivity contribution in [3.63, 3.8) is 0 Å². The maximum Gasteiger partial charge on any atom is 0.126 e. The predicted molar refractivity (Wildman–Crippen MR) is 97.0 cm³/mol. The van der Waals surface area contributed by atoms with E-state index in [0.717, 1.165) is 39.5 Å². The molecule has 0 radical (unpaired) electrons. The van der Waals surface area contributed by atoms with E-state index in [2.05, 4.69) is 24.3 Å². The van der Waals surface area contributed by atoms with Gasteiger partial charge in [0.05, 0.1) is 21.3 Å². The summed E-state index contributed by atoms with van der Waals surface area (Å²) < 4.78 is 16.0. The third-order valence-corrected chi connectivity index (χ3v) is 4.02. The fourth-order valence-electron chi connectivity index (χ4n) is 2.67. The number of ether oxygens (including phenoxy) is 3. The van der Waals surface area contributed by atoms with Crippen LogP contribution in [0.25, 0.3) is 22.3 Å². The molecule has 3 rings (SSSR count). The van der Waals surface area contributed by atoms with E-state index >= 15 is 0 Å². The fraction of sp³-hybridized carbons (Fsp3) is 0.143. The van der Waals surface area contributed by atoms with Crippen molar-refractivity contribution in [2.45, 2.75) is 0 Å². The third kappa shape index (κ3) is 3.20. The highest BCUT2D eigenvalue weighted by Crippen LogP contribution is 2.35. The van der Waals surface area contributed by atoms with E-state index in [4.69, 9.17) is 14.2 Å². The molecular formula is C21H20O3. The molecule has 0 unspecified atom stereocenters. The highest BCUT2D eigenvalue weighted by Gasteiger charge is 2.09. The molecule has 24 heavy (non-hydrogen) atoms. The van der Waals surface area contributed by atoms with Crippen molar-refractivity contribution >= 4 is 0 Å². The average molecular weight is 320 g/mol. The van der Waals surface area contributed by atoms with Crippen LogP contribution in [-0.2, 0) is 0 Å². The molecule has 0 saturated heterocycles. The Balaban J connectivity index is 2.03. The van der Waals surface area contributed by atoms with Crippen molar-refractivity contribution in [3.8, 4) is 39.5 Å². The first kappa shape index (κ1) is 15.9. The van der Waals surface area contributed by atoms with Gasteiger partial charge in [-0.05, 0) is 53.1 Å². The molecular weight excluding hydrogens is 300 g/mol. The first-order valence-electron chi connectivity index (χ1n) is 7.72. The average Bonchev–Trinajstić information content (AvgIpc) is 2.67. The second kappa shape index (κ2) is 7.09. The van der Waals surface area contributed by atoms with Crippen LogP contribution in [0.4, 0.5) is 0 Å². The summed E-state index contributed by atoms with van der Waals surface area (Å²) in [5.41, 5.74) is 4.40. The van der Waals surface area contributed by atoms with E-state index in [9.17, 15) is 0 Å². The topological polar surface area (TPSA) is 27.7 Å². The number of hydrogen-bond donors (Lipinski definition) is 0. The second-order valence-corrected chi connectivity index (χ2v) is 5.37. The van der Waals surface area contributed by atoms with E-state index < -0.39 is 0 Å². The lowest BCUT2D eigenvalue weighted by atomic mass is 9.98. The van der Waals surface area contributed by atoms with Gasteiger partial charge in [0, 0.05) is 5.56 Å². The minimum atomic E-state index is 0.837. The zero-order chi connectivity index (χ0) is 16.9. The van der Waals surface area contributed by atoms with E-state index in [0.29, 0.717) is 0 Å². The number of hydrogen-bond acceptors (Lipinski definition) is 3. The smallest absolute Gasteiger partial charge is 0.126 e. The first-order valence-corrected chi connectivity index (χ1v) is 7.72. The van der Waals surface area contributed by atoms with Crippen LogP contribution in [0.1, 0.15) is 0 Å². The van der Waals surface area contributed by atoms with Gasteiger partial charge in [-0.1, -0.05) is 30.3 Å². The molecule has 0 bridgehead atoms. The van der Waals surface area contributed by atoms with Crippen molar-refractivity contribution in [1.29, 1.82) is 0 Å². The number of methoxy groups -OCH3 is 3. The Labute approximate surface area is 142 Å². The summed E-state index contributed by atoms with van der Waals surface area (Å²) in [6.07, 6.45) is 0. The van der Waals surface area contributed by atoms with Crippen molar-refractivity contribution in [2.24, 2.45) is 0 Å². The molecule has 0 atom stereocenters. The van der Waals surface area contributed by atoms with Gasteiger partial charge in [-0.25, -0.2) is 0 Å². The Kier molecular flexibility index (Phi) is 4.71. The van der Waals surface area contributed by atoms with E-state index in [1.807, 2.05) is 42.5 Å². The second-order valence-electron chi connectivity index (χ2n) is 5.37. The Bertz CT molecular complexity index is 805. The van der Waals surface area contributed by atoms with Crippen molar-refractivity contribution < 1.29 is 14.2 Å². The highest BCUT2D eigenvalue weighted by atomic mass is 16.5. The maximum absolute atomic E-state index is 5.53. The van der Waals surface area contributed by atoms with Crippen LogP contribution in [0.15, 0.2) is 66.7 Å². The van der Waals surface area contributed by atoms with Gasteiger partial charge in [-0.2, -0.15) is 0 Å². The Morgan fingerprint density at radius 3 is 1.50 bits per heavy atom. The summed E-state index contributed by atoms with van der Waals surface area (Å²) in [6, 6.07) is 22.2. The molecule has 0 aliphatic rings. The number of rotatable bonds is 5. The Morgan fingerprint density at radius 2 is 1.00 bits per heavy atom. The molecule has 0 amide bonds. The Morgan fingerprint density at radius 1 is 0.500 bits per heavy atom. The van der Waals surface area contributed by atoms with Crippen LogP contribution in [0.3, 0.4) is 0 Å². The fourth-order valence-corrected chi connectivity index (χ4v) is 2.67. The van der Waals surface area contributed by atoms with Gasteiger partial charge < -0.3 is 14.2 Å². The molecule has 0 spiro atoms. The summed E-state index contributed by atoms with van der Waals surface area (Å²) in [5.74, 6) is 2.53. The molecule has 3 aromatic carbocycles. The van der Waals surface area contributed by atoms with Crippen LogP contribution in [0.2, 0.25) is 0 Å². The summed E-state index contributed by atoms with van der Waals surface area (Å²) >= 11 is 0. The van der Waals surface area contributed by atoms with Crippen LogP contribution in [-0.4, -0.2) is 21.3 Å². The van der Waals surface area contributed by atoms with Gasteiger partial charge in [-0.15, -0.1) is 0 Å². The van der Waals surface area contributed by atoms with Gasteiger partial charge >= 0.3 is 0 Å². The minimum absolute atomic E-state index is 0.837. The molecule has 0 aromatic heterocycles. The predicted octanol–water partition coefficient (Wildman–Crippen LogP) is 5.05. The molecule has 3 aromatic rings. The molecule has 0 heterocycles. The monoisotopic (exact) mass is 320 g/mol. The molecule has 0 fully saturated rings. The van der Waals surface area contributed by atoms with Crippen molar-refractivity contribution in [3.05, 3.63) is 66.7 Å². The Hall–Kier alpha value is -2.94. The molecule has 122 valence electrons. The first-order chi connectivity index (χ1) is 11.7. The summed E-state index contributed by atoms with van der Waals surface area (Å²) in [5, 5.41) is 0. The zero-order valence-electron chi connectivity index (χ0n) is 14.1. The third-order valence-electron chi connectivity index (χ3n) is 4.02. The lowest BCUT2D eigenvalue weighted by Crippen LogP contribution is -1.90. The number of benzene rings is 3. The normalized spacial score (nSPS) is 10.3. The summed E-state index contributed by atoms with van der Waals surface area (Å²) in [4.78, 5) is 0. The zero-order valence-corrected chi connectivity index (χ0v) is 14.1. The SMILES string of the molecule is COc1ccc(-c2ccc(OC)c(-c3ccc(OC)cc3)c2)cc1. The lowest BCUT2D eigenvalue weighted by molar-refractivity contribution is 0.414. The molecule has 3 heteroatoms. The van der Waals surface area contributed by atoms with Crippen molar-refractivity contribution in [1.82, 2.24) is 0 Å². The summed E-state index contributed by atoms with van der Waals surface area (Å²) in [7, 11) is 5.03. The van der Waals surface area contributed by atoms with Crippen LogP contribution in [0.5, 0.6) is 17.2 Å². The van der Waals surface area contributed by atoms with E-state index in [1.54, 1.807) is 21.3 Å². The largest absolute Gasteiger partial charge is 0.497 e. The molecule has 3 nitrogen and oxygen atoms in total.